The molecule has 0 saturated carbocycles. The normalized spacial score (nSPS) is 14.9. The van der Waals surface area contributed by atoms with Crippen molar-refractivity contribution in [3.63, 3.8) is 0 Å². The Bertz CT molecular complexity index is 790. The number of para-hydroxylation sites is 1. The summed E-state index contributed by atoms with van der Waals surface area (Å²) in [7, 11) is 0. The average Bonchev–Trinajstić information content (AvgIpc) is 2.72. The molecule has 29 heavy (non-hydrogen) atoms. The lowest BCUT2D eigenvalue weighted by atomic mass is 10.1. The summed E-state index contributed by atoms with van der Waals surface area (Å²) in [4.78, 5) is 26.3. The molecule has 1 heterocycles. The van der Waals surface area contributed by atoms with Crippen molar-refractivity contribution in [2.45, 2.75) is 25.3 Å². The number of anilines is 1. The molecule has 3 N–H and O–H groups in total. The molecule has 0 aliphatic carbocycles. The van der Waals surface area contributed by atoms with Crippen molar-refractivity contribution in [2.75, 3.05) is 31.5 Å². The quantitative estimate of drug-likeness (QED) is 0.672. The van der Waals surface area contributed by atoms with Crippen molar-refractivity contribution >= 4 is 17.6 Å². The summed E-state index contributed by atoms with van der Waals surface area (Å²) < 4.78 is 12.9. The number of likely N-dealkylation sites (tertiary alicyclic amines) is 1. The summed E-state index contributed by atoms with van der Waals surface area (Å²) in [5, 5.41) is 8.72. The Labute approximate surface area is 170 Å². The fraction of sp³-hybridized carbons (Fsp3) is 0.364. The first-order valence-corrected chi connectivity index (χ1v) is 9.94. The van der Waals surface area contributed by atoms with Crippen LogP contribution in [0.25, 0.3) is 0 Å². The fourth-order valence-electron chi connectivity index (χ4n) is 3.37. The van der Waals surface area contributed by atoms with Crippen molar-refractivity contribution in [1.82, 2.24) is 15.5 Å². The van der Waals surface area contributed by atoms with Crippen LogP contribution in [0.2, 0.25) is 0 Å². The zero-order valence-corrected chi connectivity index (χ0v) is 16.4. The number of benzene rings is 2. The Balaban J connectivity index is 1.30. The maximum Gasteiger partial charge on any atom is 0.315 e. The third-order valence-corrected chi connectivity index (χ3v) is 4.96. The van der Waals surface area contributed by atoms with Gasteiger partial charge in [0, 0.05) is 31.4 Å². The van der Waals surface area contributed by atoms with E-state index in [4.69, 9.17) is 0 Å². The molecule has 0 bridgehead atoms. The van der Waals surface area contributed by atoms with Gasteiger partial charge in [0.1, 0.15) is 5.82 Å². The molecular weight excluding hydrogens is 371 g/mol. The highest BCUT2D eigenvalue weighted by Crippen LogP contribution is 2.11. The van der Waals surface area contributed by atoms with E-state index in [-0.39, 0.29) is 23.8 Å². The minimum Gasteiger partial charge on any atom is -0.338 e. The van der Waals surface area contributed by atoms with Gasteiger partial charge >= 0.3 is 6.03 Å². The minimum atomic E-state index is -0.261. The monoisotopic (exact) mass is 398 g/mol. The molecule has 6 nitrogen and oxygen atoms in total. The Hall–Kier alpha value is -2.93. The molecule has 3 rings (SSSR count). The largest absolute Gasteiger partial charge is 0.338 e. The van der Waals surface area contributed by atoms with Gasteiger partial charge in [-0.1, -0.05) is 30.3 Å². The van der Waals surface area contributed by atoms with Crippen LogP contribution in [0, 0.1) is 5.82 Å². The van der Waals surface area contributed by atoms with Crippen LogP contribution >= 0.6 is 0 Å². The van der Waals surface area contributed by atoms with Crippen molar-refractivity contribution < 1.29 is 14.0 Å². The summed E-state index contributed by atoms with van der Waals surface area (Å²) in [6, 6.07) is 15.6. The van der Waals surface area contributed by atoms with Crippen LogP contribution in [-0.2, 0) is 11.2 Å². The van der Waals surface area contributed by atoms with E-state index in [9.17, 15) is 14.0 Å². The van der Waals surface area contributed by atoms with Crippen LogP contribution < -0.4 is 16.0 Å². The van der Waals surface area contributed by atoms with E-state index in [1.54, 1.807) is 12.1 Å². The molecular formula is C22H27FN4O2. The SMILES string of the molecule is O=C(CN1CCC(NC(=O)NCCc2ccc(F)cc2)CC1)Nc1ccccc1. The second kappa shape index (κ2) is 10.6. The van der Waals surface area contributed by atoms with E-state index in [0.29, 0.717) is 19.5 Å². The van der Waals surface area contributed by atoms with Crippen LogP contribution in [-0.4, -0.2) is 49.1 Å². The lowest BCUT2D eigenvalue weighted by Gasteiger charge is -2.31. The van der Waals surface area contributed by atoms with Gasteiger partial charge in [-0.3, -0.25) is 9.69 Å². The summed E-state index contributed by atoms with van der Waals surface area (Å²) in [6.45, 7) is 2.38. The Morgan fingerprint density at radius 3 is 2.38 bits per heavy atom. The van der Waals surface area contributed by atoms with Gasteiger partial charge in [0.15, 0.2) is 0 Å². The number of halogens is 1. The molecule has 154 valence electrons. The lowest BCUT2D eigenvalue weighted by Crippen LogP contribution is -2.49. The number of nitrogens with zero attached hydrogens (tertiary/aromatic N) is 1. The topological polar surface area (TPSA) is 73.5 Å². The van der Waals surface area contributed by atoms with Gasteiger partial charge in [0.05, 0.1) is 6.54 Å². The molecule has 7 heteroatoms. The zero-order chi connectivity index (χ0) is 20.5. The molecule has 2 aromatic carbocycles. The maximum absolute atomic E-state index is 12.9. The van der Waals surface area contributed by atoms with Crippen LogP contribution in [0.5, 0.6) is 0 Å². The van der Waals surface area contributed by atoms with Gasteiger partial charge in [0.2, 0.25) is 5.91 Å². The van der Waals surface area contributed by atoms with Crippen LogP contribution in [0.4, 0.5) is 14.9 Å². The van der Waals surface area contributed by atoms with Crippen LogP contribution in [0.1, 0.15) is 18.4 Å². The van der Waals surface area contributed by atoms with Gasteiger partial charge in [-0.25, -0.2) is 9.18 Å². The summed E-state index contributed by atoms with van der Waals surface area (Å²) in [6.07, 6.45) is 2.27. The number of carbonyl (C=O) groups is 2. The first-order chi connectivity index (χ1) is 14.1. The maximum atomic E-state index is 12.9. The number of piperidine rings is 1. The lowest BCUT2D eigenvalue weighted by molar-refractivity contribution is -0.117. The number of rotatable bonds is 7. The van der Waals surface area contributed by atoms with E-state index in [0.717, 1.165) is 37.2 Å². The standard InChI is InChI=1S/C22H27FN4O2/c23-18-8-6-17(7-9-18)10-13-24-22(29)26-20-11-14-27(15-12-20)16-21(28)25-19-4-2-1-3-5-19/h1-9,20H,10-16H2,(H,25,28)(H2,24,26,29). The Morgan fingerprint density at radius 1 is 1.00 bits per heavy atom. The third kappa shape index (κ3) is 7.19. The number of nitrogens with one attached hydrogen (secondary N) is 3. The van der Waals surface area contributed by atoms with Crippen LogP contribution in [0.15, 0.2) is 54.6 Å². The van der Waals surface area contributed by atoms with Crippen molar-refractivity contribution in [1.29, 1.82) is 0 Å². The zero-order valence-electron chi connectivity index (χ0n) is 16.4. The van der Waals surface area contributed by atoms with Gasteiger partial charge < -0.3 is 16.0 Å². The molecule has 3 amide bonds. The van der Waals surface area contributed by atoms with Gasteiger partial charge in [-0.05, 0) is 49.1 Å². The van der Waals surface area contributed by atoms with E-state index in [1.165, 1.54) is 12.1 Å². The predicted octanol–water partition coefficient (Wildman–Crippen LogP) is 2.77. The minimum absolute atomic E-state index is 0.0267. The van der Waals surface area contributed by atoms with Crippen LogP contribution in [0.3, 0.4) is 0 Å². The highest BCUT2D eigenvalue weighted by atomic mass is 19.1. The Morgan fingerprint density at radius 2 is 1.69 bits per heavy atom. The molecule has 0 aromatic heterocycles. The number of hydrogen-bond acceptors (Lipinski definition) is 3. The number of carbonyl (C=O) groups excluding carboxylic acids is 2. The van der Waals surface area contributed by atoms with Gasteiger partial charge in [-0.15, -0.1) is 0 Å². The predicted molar refractivity (Wildman–Crippen MR) is 111 cm³/mol. The average molecular weight is 398 g/mol. The summed E-state index contributed by atoms with van der Waals surface area (Å²) >= 11 is 0. The van der Waals surface area contributed by atoms with Crippen molar-refractivity contribution in [2.24, 2.45) is 0 Å². The molecule has 1 aliphatic rings. The molecule has 0 unspecified atom stereocenters. The van der Waals surface area contributed by atoms with Gasteiger partial charge in [-0.2, -0.15) is 0 Å². The molecule has 1 saturated heterocycles. The molecule has 1 fully saturated rings. The number of urea groups is 1. The molecule has 0 atom stereocenters. The third-order valence-electron chi connectivity index (χ3n) is 4.96. The highest BCUT2D eigenvalue weighted by molar-refractivity contribution is 5.92. The summed E-state index contributed by atoms with van der Waals surface area (Å²) in [5.74, 6) is -0.288. The van der Waals surface area contributed by atoms with Crippen molar-refractivity contribution in [3.05, 3.63) is 66.0 Å². The fourth-order valence-corrected chi connectivity index (χ4v) is 3.37. The molecule has 0 radical (unpaired) electrons. The number of amides is 3. The van der Waals surface area contributed by atoms with E-state index in [1.807, 2.05) is 30.3 Å². The first kappa shape index (κ1) is 20.8. The molecule has 0 spiro atoms. The second-order valence-electron chi connectivity index (χ2n) is 7.24. The second-order valence-corrected chi connectivity index (χ2v) is 7.24. The smallest absolute Gasteiger partial charge is 0.315 e. The van der Waals surface area contributed by atoms with E-state index >= 15 is 0 Å². The highest BCUT2D eigenvalue weighted by Gasteiger charge is 2.22. The van der Waals surface area contributed by atoms with E-state index < -0.39 is 0 Å². The molecule has 1 aliphatic heterocycles. The Kier molecular flexibility index (Phi) is 7.58. The van der Waals surface area contributed by atoms with Gasteiger partial charge in [0.25, 0.3) is 0 Å². The van der Waals surface area contributed by atoms with Crippen molar-refractivity contribution in [3.8, 4) is 0 Å². The molecule has 2 aromatic rings. The first-order valence-electron chi connectivity index (χ1n) is 9.94. The number of hydrogen-bond donors (Lipinski definition) is 3. The summed E-state index contributed by atoms with van der Waals surface area (Å²) in [5.41, 5.74) is 1.78. The van der Waals surface area contributed by atoms with E-state index in [2.05, 4.69) is 20.9 Å².